The largest absolute Gasteiger partial charge is 0.279 e. The van der Waals surface area contributed by atoms with Crippen LogP contribution in [-0.4, -0.2) is 11.1 Å². The number of aliphatic imine (C=N–C) groups is 1. The van der Waals surface area contributed by atoms with Gasteiger partial charge in [0.1, 0.15) is 0 Å². The van der Waals surface area contributed by atoms with Crippen LogP contribution in [0.1, 0.15) is 5.56 Å². The van der Waals surface area contributed by atoms with Crippen molar-refractivity contribution in [2.45, 2.75) is 0 Å². The predicted octanol–water partition coefficient (Wildman–Crippen LogP) is 4.00. The first-order valence-electron chi connectivity index (χ1n) is 5.20. The summed E-state index contributed by atoms with van der Waals surface area (Å²) in [5.41, 5.74) is 0.974. The first kappa shape index (κ1) is 12.3. The van der Waals surface area contributed by atoms with Crippen LogP contribution < -0.4 is 0 Å². The zero-order chi connectivity index (χ0) is 13.0. The molecule has 0 aliphatic heterocycles. The van der Waals surface area contributed by atoms with E-state index in [2.05, 4.69) is 4.99 Å². The Hall–Kier alpha value is -2.20. The smallest absolute Gasteiger partial charge is 0.258 e. The minimum atomic E-state index is -0.474. The van der Waals surface area contributed by atoms with Gasteiger partial charge in [-0.3, -0.25) is 15.1 Å². The van der Waals surface area contributed by atoms with Gasteiger partial charge < -0.3 is 0 Å². The minimum absolute atomic E-state index is 0.0535. The molecule has 0 aromatic heterocycles. The lowest BCUT2D eigenvalue weighted by molar-refractivity contribution is -0.385. The lowest BCUT2D eigenvalue weighted by Crippen LogP contribution is -1.95. The summed E-state index contributed by atoms with van der Waals surface area (Å²) in [5.74, 6) is 0. The molecule has 0 spiro atoms. The van der Waals surface area contributed by atoms with Crippen molar-refractivity contribution in [3.05, 3.63) is 69.2 Å². The van der Waals surface area contributed by atoms with E-state index in [0.717, 1.165) is 0 Å². The van der Waals surface area contributed by atoms with Crippen LogP contribution in [0.3, 0.4) is 0 Å². The number of hydrogen-bond donors (Lipinski definition) is 0. The van der Waals surface area contributed by atoms with Crippen LogP contribution >= 0.6 is 11.6 Å². The zero-order valence-electron chi connectivity index (χ0n) is 9.29. The summed E-state index contributed by atoms with van der Waals surface area (Å²) in [6.07, 6.45) is 1.41. The minimum Gasteiger partial charge on any atom is -0.258 e. The molecular weight excluding hydrogens is 252 g/mol. The molecular formula is C13H9ClN2O2. The third-order valence-corrected chi connectivity index (χ3v) is 2.66. The molecule has 0 unspecified atom stereocenters. The Labute approximate surface area is 109 Å². The fraction of sp³-hybridized carbons (Fsp3) is 0. The van der Waals surface area contributed by atoms with Gasteiger partial charge in [0.25, 0.3) is 5.69 Å². The molecule has 90 valence electrons. The number of halogens is 1. The molecule has 0 bridgehead atoms. The van der Waals surface area contributed by atoms with Crippen molar-refractivity contribution in [1.29, 1.82) is 0 Å². The van der Waals surface area contributed by atoms with Gasteiger partial charge in [0.05, 0.1) is 21.2 Å². The van der Waals surface area contributed by atoms with Crippen molar-refractivity contribution in [1.82, 2.24) is 0 Å². The van der Waals surface area contributed by atoms with Crippen molar-refractivity contribution in [2.75, 3.05) is 0 Å². The summed E-state index contributed by atoms with van der Waals surface area (Å²) in [4.78, 5) is 14.6. The highest BCUT2D eigenvalue weighted by Gasteiger charge is 2.14. The van der Waals surface area contributed by atoms with E-state index in [-0.39, 0.29) is 5.69 Å². The van der Waals surface area contributed by atoms with E-state index < -0.39 is 4.92 Å². The molecule has 5 heteroatoms. The number of nitro benzene ring substituents is 1. The summed E-state index contributed by atoms with van der Waals surface area (Å²) in [6.45, 7) is 0. The molecule has 2 aromatic rings. The summed E-state index contributed by atoms with van der Waals surface area (Å²) < 4.78 is 0. The summed E-state index contributed by atoms with van der Waals surface area (Å²) in [6, 6.07) is 13.7. The first-order chi connectivity index (χ1) is 8.68. The van der Waals surface area contributed by atoms with Gasteiger partial charge >= 0.3 is 0 Å². The molecule has 2 aromatic carbocycles. The molecule has 0 radical (unpaired) electrons. The van der Waals surface area contributed by atoms with Crippen molar-refractivity contribution in [2.24, 2.45) is 4.99 Å². The molecule has 0 aliphatic carbocycles. The molecule has 0 amide bonds. The van der Waals surface area contributed by atoms with Gasteiger partial charge in [0.15, 0.2) is 0 Å². The Morgan fingerprint density at radius 2 is 1.83 bits per heavy atom. The average Bonchev–Trinajstić information content (AvgIpc) is 2.38. The van der Waals surface area contributed by atoms with E-state index in [0.29, 0.717) is 16.3 Å². The van der Waals surface area contributed by atoms with Crippen molar-refractivity contribution < 1.29 is 4.92 Å². The van der Waals surface area contributed by atoms with Crippen LogP contribution in [0.4, 0.5) is 11.4 Å². The van der Waals surface area contributed by atoms with Gasteiger partial charge in [-0.15, -0.1) is 0 Å². The summed E-state index contributed by atoms with van der Waals surface area (Å²) >= 11 is 5.94. The second-order valence-electron chi connectivity index (χ2n) is 3.52. The lowest BCUT2D eigenvalue weighted by atomic mass is 10.2. The Morgan fingerprint density at radius 1 is 1.11 bits per heavy atom. The van der Waals surface area contributed by atoms with E-state index in [1.165, 1.54) is 12.3 Å². The van der Waals surface area contributed by atoms with Crippen molar-refractivity contribution in [3.8, 4) is 0 Å². The number of para-hydroxylation sites is 1. The highest BCUT2D eigenvalue weighted by atomic mass is 35.5. The fourth-order valence-electron chi connectivity index (χ4n) is 1.47. The topological polar surface area (TPSA) is 55.5 Å². The van der Waals surface area contributed by atoms with E-state index in [4.69, 9.17) is 11.6 Å². The number of hydrogen-bond acceptors (Lipinski definition) is 3. The predicted molar refractivity (Wildman–Crippen MR) is 71.8 cm³/mol. The normalized spacial score (nSPS) is 10.7. The standard InChI is InChI=1S/C13H9ClN2O2/c14-12-7-4-8-13(16(17)18)11(12)9-15-10-5-2-1-3-6-10/h1-9H. The highest BCUT2D eigenvalue weighted by molar-refractivity contribution is 6.33. The third-order valence-electron chi connectivity index (χ3n) is 2.33. The van der Waals surface area contributed by atoms with Gasteiger partial charge in [-0.05, 0) is 18.2 Å². The molecule has 0 heterocycles. The molecule has 4 nitrogen and oxygen atoms in total. The third kappa shape index (κ3) is 2.73. The van der Waals surface area contributed by atoms with E-state index in [1.54, 1.807) is 24.3 Å². The molecule has 18 heavy (non-hydrogen) atoms. The Bertz CT molecular complexity index is 597. The first-order valence-corrected chi connectivity index (χ1v) is 5.58. The van der Waals surface area contributed by atoms with Gasteiger partial charge in [-0.25, -0.2) is 0 Å². The maximum atomic E-state index is 10.9. The highest BCUT2D eigenvalue weighted by Crippen LogP contribution is 2.25. The molecule has 0 saturated heterocycles. The second kappa shape index (κ2) is 5.42. The maximum absolute atomic E-state index is 10.9. The second-order valence-corrected chi connectivity index (χ2v) is 3.93. The molecule has 0 atom stereocenters. The Kier molecular flexibility index (Phi) is 3.69. The lowest BCUT2D eigenvalue weighted by Gasteiger charge is -1.99. The van der Waals surface area contributed by atoms with Gasteiger partial charge in [0, 0.05) is 12.3 Å². The summed E-state index contributed by atoms with van der Waals surface area (Å²) in [5, 5.41) is 11.2. The van der Waals surface area contributed by atoms with Crippen LogP contribution in [0.2, 0.25) is 5.02 Å². The van der Waals surface area contributed by atoms with Crippen LogP contribution in [0, 0.1) is 10.1 Å². The van der Waals surface area contributed by atoms with Crippen molar-refractivity contribution in [3.63, 3.8) is 0 Å². The van der Waals surface area contributed by atoms with Gasteiger partial charge in [-0.1, -0.05) is 35.9 Å². The Balaban J connectivity index is 2.40. The van der Waals surface area contributed by atoms with E-state index >= 15 is 0 Å². The number of benzene rings is 2. The number of nitro groups is 1. The van der Waals surface area contributed by atoms with E-state index in [1.807, 2.05) is 18.2 Å². The summed E-state index contributed by atoms with van der Waals surface area (Å²) in [7, 11) is 0. The maximum Gasteiger partial charge on any atom is 0.279 e. The molecule has 0 saturated carbocycles. The SMILES string of the molecule is O=[N+]([O-])c1cccc(Cl)c1C=Nc1ccccc1. The van der Waals surface area contributed by atoms with Crippen LogP contribution in [0.25, 0.3) is 0 Å². The Morgan fingerprint density at radius 3 is 2.50 bits per heavy atom. The van der Waals surface area contributed by atoms with Crippen LogP contribution in [0.5, 0.6) is 0 Å². The quantitative estimate of drug-likeness (QED) is 0.476. The molecule has 2 rings (SSSR count). The number of rotatable bonds is 3. The molecule has 0 N–H and O–H groups in total. The number of nitrogens with zero attached hydrogens (tertiary/aromatic N) is 2. The molecule has 0 aliphatic rings. The average molecular weight is 261 g/mol. The fourth-order valence-corrected chi connectivity index (χ4v) is 1.68. The molecule has 0 fully saturated rings. The van der Waals surface area contributed by atoms with E-state index in [9.17, 15) is 10.1 Å². The van der Waals surface area contributed by atoms with Gasteiger partial charge in [-0.2, -0.15) is 0 Å². The zero-order valence-corrected chi connectivity index (χ0v) is 10.0. The van der Waals surface area contributed by atoms with Crippen LogP contribution in [0.15, 0.2) is 53.5 Å². The monoisotopic (exact) mass is 260 g/mol. The van der Waals surface area contributed by atoms with Gasteiger partial charge in [0.2, 0.25) is 0 Å². The van der Waals surface area contributed by atoms with Crippen LogP contribution in [-0.2, 0) is 0 Å². The van der Waals surface area contributed by atoms with Crippen molar-refractivity contribution >= 4 is 29.2 Å².